The third kappa shape index (κ3) is 1.56. The van der Waals surface area contributed by atoms with Gasteiger partial charge in [0.2, 0.25) is 0 Å². The van der Waals surface area contributed by atoms with Gasteiger partial charge in [-0.15, -0.1) is 0 Å². The lowest BCUT2D eigenvalue weighted by atomic mass is 10.1. The molecule has 3 aromatic rings. The largest absolute Gasteiger partial charge is 0.489 e. The number of aromatic nitrogens is 3. The fraction of sp³-hybridized carbons (Fsp3) is 0.200. The van der Waals surface area contributed by atoms with E-state index < -0.39 is 0 Å². The summed E-state index contributed by atoms with van der Waals surface area (Å²) in [5.74, 6) is 1.75. The van der Waals surface area contributed by atoms with Crippen LogP contribution in [0.2, 0.25) is 0 Å². The molecule has 0 amide bonds. The number of para-hydroxylation sites is 1. The highest BCUT2D eigenvalue weighted by Gasteiger charge is 2.19. The molecule has 0 spiro atoms. The topological polar surface area (TPSA) is 52.0 Å². The lowest BCUT2D eigenvalue weighted by molar-refractivity contribution is 0.324. The van der Waals surface area contributed by atoms with Crippen molar-refractivity contribution >= 4 is 16.9 Å². The summed E-state index contributed by atoms with van der Waals surface area (Å²) in [6, 6.07) is 9.95. The second-order valence-electron chi connectivity index (χ2n) is 4.80. The Morgan fingerprint density at radius 1 is 1.25 bits per heavy atom. The van der Waals surface area contributed by atoms with Crippen LogP contribution in [-0.4, -0.2) is 27.7 Å². The Labute approximate surface area is 116 Å². The van der Waals surface area contributed by atoms with E-state index in [9.17, 15) is 0 Å². The average Bonchev–Trinajstić information content (AvgIpc) is 2.84. The van der Waals surface area contributed by atoms with Gasteiger partial charge >= 0.3 is 0 Å². The number of anilines is 1. The van der Waals surface area contributed by atoms with Gasteiger partial charge in [-0.25, -0.2) is 9.97 Å². The van der Waals surface area contributed by atoms with Crippen molar-refractivity contribution in [3.8, 4) is 17.1 Å². The number of hydrogen-bond acceptors (Lipinski definition) is 4. The van der Waals surface area contributed by atoms with Crippen LogP contribution in [0.5, 0.6) is 5.75 Å². The normalized spacial score (nSPS) is 13.7. The molecule has 3 heterocycles. The fourth-order valence-electron chi connectivity index (χ4n) is 2.61. The van der Waals surface area contributed by atoms with Crippen molar-refractivity contribution < 1.29 is 4.74 Å². The number of rotatable bonds is 1. The highest BCUT2D eigenvalue weighted by atomic mass is 16.5. The Balaban J connectivity index is 1.98. The number of fused-ring (bicyclic) bond motifs is 2. The van der Waals surface area contributed by atoms with Gasteiger partial charge in [-0.2, -0.15) is 0 Å². The van der Waals surface area contributed by atoms with E-state index in [0.29, 0.717) is 6.61 Å². The minimum Gasteiger partial charge on any atom is -0.489 e. The Morgan fingerprint density at radius 3 is 3.10 bits per heavy atom. The zero-order valence-corrected chi connectivity index (χ0v) is 11.1. The van der Waals surface area contributed by atoms with Gasteiger partial charge in [0.1, 0.15) is 17.9 Å². The summed E-state index contributed by atoms with van der Waals surface area (Å²) in [6.07, 6.45) is 1.78. The molecule has 2 aromatic heterocycles. The lowest BCUT2D eigenvalue weighted by Crippen LogP contribution is -2.18. The zero-order chi connectivity index (χ0) is 13.5. The van der Waals surface area contributed by atoms with Crippen LogP contribution in [0.4, 0.5) is 5.69 Å². The number of ether oxygens (including phenoxy) is 1. The summed E-state index contributed by atoms with van der Waals surface area (Å²) in [6.45, 7) is 1.51. The summed E-state index contributed by atoms with van der Waals surface area (Å²) in [7, 11) is 1.98. The molecule has 20 heavy (non-hydrogen) atoms. The van der Waals surface area contributed by atoms with E-state index in [-0.39, 0.29) is 0 Å². The quantitative estimate of drug-likeness (QED) is 0.735. The van der Waals surface area contributed by atoms with E-state index in [0.717, 1.165) is 40.5 Å². The predicted molar refractivity (Wildman–Crippen MR) is 77.9 cm³/mol. The van der Waals surface area contributed by atoms with Gasteiger partial charge in [0.05, 0.1) is 11.3 Å². The van der Waals surface area contributed by atoms with Crippen LogP contribution in [0.1, 0.15) is 0 Å². The SMILES string of the molecule is Cn1c(-c2cccc3c2OCCN3)nc2cccnc21. The molecule has 1 N–H and O–H groups in total. The minimum atomic E-state index is 0.673. The van der Waals surface area contributed by atoms with Gasteiger partial charge in [0.15, 0.2) is 11.4 Å². The molecule has 4 rings (SSSR count). The molecule has 5 nitrogen and oxygen atoms in total. The molecule has 0 bridgehead atoms. The van der Waals surface area contributed by atoms with Gasteiger partial charge in [0.25, 0.3) is 0 Å². The van der Waals surface area contributed by atoms with Gasteiger partial charge < -0.3 is 14.6 Å². The number of benzene rings is 1. The van der Waals surface area contributed by atoms with Crippen LogP contribution in [0.15, 0.2) is 36.5 Å². The third-order valence-corrected chi connectivity index (χ3v) is 3.55. The Hall–Kier alpha value is -2.56. The van der Waals surface area contributed by atoms with E-state index in [2.05, 4.69) is 15.3 Å². The zero-order valence-electron chi connectivity index (χ0n) is 11.1. The van der Waals surface area contributed by atoms with E-state index in [4.69, 9.17) is 4.74 Å². The molecule has 0 saturated carbocycles. The number of nitrogens with zero attached hydrogens (tertiary/aromatic N) is 3. The first kappa shape index (κ1) is 11.3. The average molecular weight is 266 g/mol. The molecule has 0 saturated heterocycles. The number of hydrogen-bond donors (Lipinski definition) is 1. The molecule has 5 heteroatoms. The molecule has 1 aliphatic heterocycles. The molecule has 100 valence electrons. The van der Waals surface area contributed by atoms with Crippen LogP contribution < -0.4 is 10.1 Å². The number of nitrogens with one attached hydrogen (secondary N) is 1. The second-order valence-corrected chi connectivity index (χ2v) is 4.80. The number of imidazole rings is 1. The summed E-state index contributed by atoms with van der Waals surface area (Å²) < 4.78 is 7.83. The van der Waals surface area contributed by atoms with Crippen molar-refractivity contribution in [3.05, 3.63) is 36.5 Å². The van der Waals surface area contributed by atoms with E-state index in [1.165, 1.54) is 0 Å². The van der Waals surface area contributed by atoms with Crippen molar-refractivity contribution in [3.63, 3.8) is 0 Å². The first-order chi connectivity index (χ1) is 9.84. The molecule has 0 radical (unpaired) electrons. The van der Waals surface area contributed by atoms with Crippen molar-refractivity contribution in [1.29, 1.82) is 0 Å². The van der Waals surface area contributed by atoms with Crippen LogP contribution in [-0.2, 0) is 7.05 Å². The Kier molecular flexibility index (Phi) is 2.39. The molecular formula is C15H14N4O. The van der Waals surface area contributed by atoms with E-state index >= 15 is 0 Å². The fourth-order valence-corrected chi connectivity index (χ4v) is 2.61. The Morgan fingerprint density at radius 2 is 2.20 bits per heavy atom. The lowest BCUT2D eigenvalue weighted by Gasteiger charge is -2.21. The minimum absolute atomic E-state index is 0.673. The summed E-state index contributed by atoms with van der Waals surface area (Å²) >= 11 is 0. The number of aryl methyl sites for hydroxylation is 1. The van der Waals surface area contributed by atoms with E-state index in [1.54, 1.807) is 6.20 Å². The van der Waals surface area contributed by atoms with Crippen LogP contribution in [0.25, 0.3) is 22.6 Å². The predicted octanol–water partition coefficient (Wildman–Crippen LogP) is 2.44. The van der Waals surface area contributed by atoms with Crippen LogP contribution in [0.3, 0.4) is 0 Å². The van der Waals surface area contributed by atoms with Crippen molar-refractivity contribution in [2.24, 2.45) is 7.05 Å². The van der Waals surface area contributed by atoms with Crippen LogP contribution in [0, 0.1) is 0 Å². The summed E-state index contributed by atoms with van der Waals surface area (Å²) in [4.78, 5) is 9.07. The number of pyridine rings is 1. The monoisotopic (exact) mass is 266 g/mol. The maximum atomic E-state index is 5.82. The molecule has 0 fully saturated rings. The van der Waals surface area contributed by atoms with Gasteiger partial charge in [-0.3, -0.25) is 0 Å². The molecular weight excluding hydrogens is 252 g/mol. The van der Waals surface area contributed by atoms with E-state index in [1.807, 2.05) is 41.9 Å². The standard InChI is InChI=1S/C15H14N4O/c1-19-14(18-12-6-3-7-17-15(12)19)10-4-2-5-11-13(10)20-9-8-16-11/h2-7,16H,8-9H2,1H3. The first-order valence-electron chi connectivity index (χ1n) is 6.62. The molecule has 1 aromatic carbocycles. The molecule has 1 aliphatic rings. The van der Waals surface area contributed by atoms with Crippen LogP contribution >= 0.6 is 0 Å². The maximum absolute atomic E-state index is 5.82. The molecule has 0 aliphatic carbocycles. The highest BCUT2D eigenvalue weighted by molar-refractivity contribution is 5.82. The third-order valence-electron chi connectivity index (χ3n) is 3.55. The van der Waals surface area contributed by atoms with Crippen molar-refractivity contribution in [1.82, 2.24) is 14.5 Å². The second kappa shape index (κ2) is 4.23. The van der Waals surface area contributed by atoms with Gasteiger partial charge in [-0.05, 0) is 24.3 Å². The smallest absolute Gasteiger partial charge is 0.160 e. The van der Waals surface area contributed by atoms with Crippen molar-refractivity contribution in [2.75, 3.05) is 18.5 Å². The molecule has 0 unspecified atom stereocenters. The summed E-state index contributed by atoms with van der Waals surface area (Å²) in [5, 5.41) is 3.35. The molecule has 0 atom stereocenters. The van der Waals surface area contributed by atoms with Crippen molar-refractivity contribution in [2.45, 2.75) is 0 Å². The Bertz CT molecular complexity index is 794. The summed E-state index contributed by atoms with van der Waals surface area (Å²) in [5.41, 5.74) is 3.79. The first-order valence-corrected chi connectivity index (χ1v) is 6.62. The van der Waals surface area contributed by atoms with Gasteiger partial charge in [-0.1, -0.05) is 6.07 Å². The van der Waals surface area contributed by atoms with Gasteiger partial charge in [0, 0.05) is 19.8 Å². The highest BCUT2D eigenvalue weighted by Crippen LogP contribution is 2.38. The maximum Gasteiger partial charge on any atom is 0.160 e.